The first-order valence-electron chi connectivity index (χ1n) is 3.10. The maximum atomic E-state index is 10.4. The largest absolute Gasteiger partial charge is 0.478 e. The van der Waals surface area contributed by atoms with E-state index in [0.29, 0.717) is 5.82 Å². The number of nitrogens with two attached hydrogens (primary N) is 1. The molecule has 0 amide bonds. The molecule has 3 N–H and O–H groups in total. The fraction of sp³-hybridized carbons (Fsp3) is 0.167. The van der Waals surface area contributed by atoms with Crippen molar-refractivity contribution >= 4 is 17.6 Å². The summed E-state index contributed by atoms with van der Waals surface area (Å²) in [5.74, 6) is -0.825. The molecule has 1 heterocycles. The molecule has 1 aromatic rings. The number of aromatic nitrogens is 2. The number of halogens is 1. The van der Waals surface area contributed by atoms with E-state index in [1.165, 1.54) is 0 Å². The first-order chi connectivity index (χ1) is 5.65. The van der Waals surface area contributed by atoms with E-state index in [-0.39, 0.29) is 17.3 Å². The minimum Gasteiger partial charge on any atom is -0.478 e. The second-order valence-electron chi connectivity index (χ2n) is 2.00. The van der Waals surface area contributed by atoms with E-state index in [9.17, 15) is 4.79 Å². The average molecular weight is 188 g/mol. The third-order valence-electron chi connectivity index (χ3n) is 1.21. The molecule has 64 valence electrons. The van der Waals surface area contributed by atoms with Crippen LogP contribution in [0, 0.1) is 0 Å². The number of nitrogens with zero attached hydrogens (tertiary/aromatic N) is 2. The van der Waals surface area contributed by atoms with Crippen molar-refractivity contribution < 1.29 is 9.90 Å². The molecule has 0 aliphatic carbocycles. The third-order valence-corrected chi connectivity index (χ3v) is 1.49. The predicted molar refractivity (Wildman–Crippen MR) is 41.9 cm³/mol. The standard InChI is InChI=1S/C6H6ClN3O2/c7-5-3(6(11)12)2-9-4(1-8)10-5/h2H,1,8H2,(H,11,12). The van der Waals surface area contributed by atoms with Crippen LogP contribution >= 0.6 is 11.6 Å². The lowest BCUT2D eigenvalue weighted by atomic mass is 10.3. The molecule has 0 bridgehead atoms. The van der Waals surface area contributed by atoms with Crippen LogP contribution in [-0.4, -0.2) is 21.0 Å². The van der Waals surface area contributed by atoms with Crippen LogP contribution in [0.15, 0.2) is 6.20 Å². The van der Waals surface area contributed by atoms with Crippen molar-refractivity contribution in [2.45, 2.75) is 6.54 Å². The highest BCUT2D eigenvalue weighted by Crippen LogP contribution is 2.11. The first kappa shape index (κ1) is 8.89. The Morgan fingerprint density at radius 3 is 2.83 bits per heavy atom. The van der Waals surface area contributed by atoms with Crippen molar-refractivity contribution in [3.05, 3.63) is 22.7 Å². The molecule has 0 fully saturated rings. The first-order valence-corrected chi connectivity index (χ1v) is 3.47. The lowest BCUT2D eigenvalue weighted by Gasteiger charge is -1.98. The monoisotopic (exact) mass is 187 g/mol. The van der Waals surface area contributed by atoms with Gasteiger partial charge in [0.2, 0.25) is 0 Å². The topological polar surface area (TPSA) is 89.1 Å². The Morgan fingerprint density at radius 2 is 2.42 bits per heavy atom. The zero-order valence-corrected chi connectivity index (χ0v) is 6.75. The summed E-state index contributed by atoms with van der Waals surface area (Å²) in [6.07, 6.45) is 1.14. The average Bonchev–Trinajstić information content (AvgIpc) is 2.03. The summed E-state index contributed by atoms with van der Waals surface area (Å²) in [6, 6.07) is 0. The summed E-state index contributed by atoms with van der Waals surface area (Å²) in [6.45, 7) is 0.139. The van der Waals surface area contributed by atoms with Crippen molar-refractivity contribution in [3.8, 4) is 0 Å². The van der Waals surface area contributed by atoms with Gasteiger partial charge in [-0.15, -0.1) is 0 Å². The number of hydrogen-bond acceptors (Lipinski definition) is 4. The van der Waals surface area contributed by atoms with Gasteiger partial charge in [0.05, 0.1) is 6.54 Å². The molecule has 0 radical (unpaired) electrons. The quantitative estimate of drug-likeness (QED) is 0.650. The van der Waals surface area contributed by atoms with Gasteiger partial charge < -0.3 is 10.8 Å². The second kappa shape index (κ2) is 3.46. The van der Waals surface area contributed by atoms with Crippen molar-refractivity contribution in [3.63, 3.8) is 0 Å². The Kier molecular flexibility index (Phi) is 2.57. The number of carbonyl (C=O) groups is 1. The van der Waals surface area contributed by atoms with E-state index in [2.05, 4.69) is 9.97 Å². The van der Waals surface area contributed by atoms with Gasteiger partial charge in [-0.1, -0.05) is 11.6 Å². The van der Waals surface area contributed by atoms with Gasteiger partial charge in [0.25, 0.3) is 0 Å². The number of aromatic carboxylic acids is 1. The van der Waals surface area contributed by atoms with Crippen LogP contribution in [0.4, 0.5) is 0 Å². The summed E-state index contributed by atoms with van der Waals surface area (Å²) in [7, 11) is 0. The molecule has 5 nitrogen and oxygen atoms in total. The van der Waals surface area contributed by atoms with E-state index in [0.717, 1.165) is 6.20 Å². The maximum Gasteiger partial charge on any atom is 0.340 e. The van der Waals surface area contributed by atoms with Gasteiger partial charge in [0.15, 0.2) is 0 Å². The number of rotatable bonds is 2. The van der Waals surface area contributed by atoms with Gasteiger partial charge in [0, 0.05) is 6.20 Å². The summed E-state index contributed by atoms with van der Waals surface area (Å²) in [5, 5.41) is 8.45. The third kappa shape index (κ3) is 1.69. The molecule has 0 spiro atoms. The van der Waals surface area contributed by atoms with E-state index in [4.69, 9.17) is 22.4 Å². The molecular weight excluding hydrogens is 182 g/mol. The summed E-state index contributed by atoms with van der Waals surface area (Å²) >= 11 is 5.52. The predicted octanol–water partition coefficient (Wildman–Crippen LogP) is 0.287. The molecule has 0 aromatic carbocycles. The summed E-state index contributed by atoms with van der Waals surface area (Å²) in [5.41, 5.74) is 5.10. The zero-order valence-electron chi connectivity index (χ0n) is 5.99. The summed E-state index contributed by atoms with van der Waals surface area (Å²) < 4.78 is 0. The van der Waals surface area contributed by atoms with Crippen LogP contribution in [0.3, 0.4) is 0 Å². The molecule has 0 saturated heterocycles. The van der Waals surface area contributed by atoms with Crippen LogP contribution in [0.1, 0.15) is 16.2 Å². The maximum absolute atomic E-state index is 10.4. The van der Waals surface area contributed by atoms with E-state index in [1.54, 1.807) is 0 Å². The number of carboxylic acid groups (broad SMARTS) is 1. The van der Waals surface area contributed by atoms with Gasteiger partial charge in [-0.05, 0) is 0 Å². The molecule has 1 aromatic heterocycles. The lowest BCUT2D eigenvalue weighted by molar-refractivity contribution is 0.0696. The van der Waals surface area contributed by atoms with Gasteiger partial charge in [-0.2, -0.15) is 0 Å². The molecule has 0 aliphatic rings. The Labute approximate surface area is 73.2 Å². The fourth-order valence-electron chi connectivity index (χ4n) is 0.637. The molecule has 0 unspecified atom stereocenters. The number of hydrogen-bond donors (Lipinski definition) is 2. The molecule has 1 rings (SSSR count). The fourth-order valence-corrected chi connectivity index (χ4v) is 0.864. The van der Waals surface area contributed by atoms with E-state index in [1.807, 2.05) is 0 Å². The summed E-state index contributed by atoms with van der Waals surface area (Å²) in [4.78, 5) is 17.8. The second-order valence-corrected chi connectivity index (χ2v) is 2.36. The molecular formula is C6H6ClN3O2. The van der Waals surface area contributed by atoms with Crippen molar-refractivity contribution in [2.24, 2.45) is 5.73 Å². The minimum absolute atomic E-state index is 0.0852. The highest BCUT2D eigenvalue weighted by atomic mass is 35.5. The smallest absolute Gasteiger partial charge is 0.340 e. The van der Waals surface area contributed by atoms with E-state index < -0.39 is 5.97 Å². The lowest BCUT2D eigenvalue weighted by Crippen LogP contribution is -2.07. The highest BCUT2D eigenvalue weighted by Gasteiger charge is 2.10. The minimum atomic E-state index is -1.15. The molecule has 0 saturated carbocycles. The molecule has 0 aliphatic heterocycles. The Morgan fingerprint density at radius 1 is 1.75 bits per heavy atom. The van der Waals surface area contributed by atoms with Crippen LogP contribution in [0.2, 0.25) is 5.15 Å². The van der Waals surface area contributed by atoms with Gasteiger partial charge >= 0.3 is 5.97 Å². The van der Waals surface area contributed by atoms with Crippen LogP contribution < -0.4 is 5.73 Å². The molecule has 12 heavy (non-hydrogen) atoms. The van der Waals surface area contributed by atoms with Gasteiger partial charge in [-0.25, -0.2) is 14.8 Å². The molecule has 6 heteroatoms. The Bertz CT molecular complexity index is 316. The van der Waals surface area contributed by atoms with Crippen molar-refractivity contribution in [1.29, 1.82) is 0 Å². The highest BCUT2D eigenvalue weighted by molar-refractivity contribution is 6.32. The van der Waals surface area contributed by atoms with Gasteiger partial charge in [0.1, 0.15) is 16.5 Å². The number of carboxylic acids is 1. The SMILES string of the molecule is NCc1ncc(C(=O)O)c(Cl)n1. The zero-order chi connectivity index (χ0) is 9.14. The van der Waals surface area contributed by atoms with Crippen molar-refractivity contribution in [1.82, 2.24) is 9.97 Å². The Hall–Kier alpha value is -1.20. The van der Waals surface area contributed by atoms with Crippen molar-refractivity contribution in [2.75, 3.05) is 0 Å². The van der Waals surface area contributed by atoms with Gasteiger partial charge in [-0.3, -0.25) is 0 Å². The van der Waals surface area contributed by atoms with Crippen LogP contribution in [0.25, 0.3) is 0 Å². The van der Waals surface area contributed by atoms with Crippen LogP contribution in [0.5, 0.6) is 0 Å². The van der Waals surface area contributed by atoms with E-state index >= 15 is 0 Å². The van der Waals surface area contributed by atoms with Crippen LogP contribution in [-0.2, 0) is 6.54 Å². The normalized spacial score (nSPS) is 9.83. The molecule has 0 atom stereocenters. The Balaban J connectivity index is 3.12.